The molecule has 0 aliphatic heterocycles. The van der Waals surface area contributed by atoms with Crippen LogP contribution in [0.2, 0.25) is 0 Å². The third-order valence-electron chi connectivity index (χ3n) is 4.20. The zero-order valence-corrected chi connectivity index (χ0v) is 11.7. The maximum Gasteiger partial charge on any atom is 0.225 e. The Morgan fingerprint density at radius 3 is 2.25 bits per heavy atom. The predicted octanol–water partition coefficient (Wildman–Crippen LogP) is 3.34. The Hall–Kier alpha value is -0.0500. The summed E-state index contributed by atoms with van der Waals surface area (Å²) in [5.74, 6) is 0.723. The molecule has 2 saturated carbocycles. The molecular weight excluding hydrogens is 266 g/mol. The molecule has 0 heterocycles. The molecule has 0 saturated heterocycles. The second-order valence-corrected chi connectivity index (χ2v) is 6.47. The maximum atomic E-state index is 12.3. The number of carbonyl (C=O) groups is 1. The van der Waals surface area contributed by atoms with Crippen LogP contribution in [0.3, 0.4) is 0 Å². The van der Waals surface area contributed by atoms with E-state index >= 15 is 0 Å². The molecule has 2 aliphatic carbocycles. The Balaban J connectivity index is 1.94. The summed E-state index contributed by atoms with van der Waals surface area (Å²) in [7, 11) is 2.00. The summed E-state index contributed by atoms with van der Waals surface area (Å²) < 4.78 is 0. The second kappa shape index (κ2) is 5.52. The lowest BCUT2D eigenvalue weighted by Gasteiger charge is -2.36. The van der Waals surface area contributed by atoms with Crippen molar-refractivity contribution in [3.8, 4) is 0 Å². The highest BCUT2D eigenvalue weighted by molar-refractivity contribution is 9.09. The number of nitrogens with zero attached hydrogens (tertiary/aromatic N) is 1. The summed E-state index contributed by atoms with van der Waals surface area (Å²) in [5.41, 5.74) is 0. The number of carbonyl (C=O) groups excluding carboxylic acids is 1. The first-order valence-electron chi connectivity index (χ1n) is 6.61. The minimum absolute atomic E-state index is 0.326. The van der Waals surface area contributed by atoms with E-state index < -0.39 is 0 Å². The van der Waals surface area contributed by atoms with E-state index in [4.69, 9.17) is 0 Å². The lowest BCUT2D eigenvalue weighted by atomic mass is 9.93. The molecule has 0 radical (unpaired) electrons. The topological polar surface area (TPSA) is 20.3 Å². The fraction of sp³-hybridized carbons (Fsp3) is 0.923. The molecule has 0 aromatic carbocycles. The van der Waals surface area contributed by atoms with Crippen LogP contribution in [-0.2, 0) is 4.79 Å². The van der Waals surface area contributed by atoms with Gasteiger partial charge in [-0.3, -0.25) is 4.79 Å². The summed E-state index contributed by atoms with van der Waals surface area (Å²) in [4.78, 5) is 14.8. The van der Waals surface area contributed by atoms with Gasteiger partial charge in [-0.25, -0.2) is 0 Å². The zero-order valence-electron chi connectivity index (χ0n) is 10.1. The Bertz CT molecular complexity index is 250. The van der Waals surface area contributed by atoms with Gasteiger partial charge in [0.25, 0.3) is 0 Å². The smallest absolute Gasteiger partial charge is 0.225 e. The molecule has 2 rings (SSSR count). The highest BCUT2D eigenvalue weighted by atomic mass is 79.9. The summed E-state index contributed by atoms with van der Waals surface area (Å²) in [5, 5.41) is 0. The Labute approximate surface area is 107 Å². The number of hydrogen-bond acceptors (Lipinski definition) is 1. The van der Waals surface area contributed by atoms with Crippen LogP contribution in [-0.4, -0.2) is 28.7 Å². The quantitative estimate of drug-likeness (QED) is 0.714. The van der Waals surface area contributed by atoms with Crippen LogP contribution < -0.4 is 0 Å². The van der Waals surface area contributed by atoms with Gasteiger partial charge in [0.1, 0.15) is 0 Å². The van der Waals surface area contributed by atoms with Crippen molar-refractivity contribution in [2.45, 2.75) is 62.2 Å². The first-order chi connectivity index (χ1) is 7.70. The van der Waals surface area contributed by atoms with E-state index in [1.165, 1.54) is 38.5 Å². The third kappa shape index (κ3) is 2.61. The fourth-order valence-corrected chi connectivity index (χ4v) is 4.07. The number of halogens is 1. The van der Waals surface area contributed by atoms with Crippen LogP contribution >= 0.6 is 15.9 Å². The largest absolute Gasteiger partial charge is 0.341 e. The SMILES string of the molecule is CN(C(=O)C1CCCC1)C1CCCCC1Br. The van der Waals surface area contributed by atoms with Gasteiger partial charge in [-0.15, -0.1) is 0 Å². The molecule has 2 nitrogen and oxygen atoms in total. The minimum Gasteiger partial charge on any atom is -0.341 e. The molecule has 0 aromatic rings. The average Bonchev–Trinajstić information content (AvgIpc) is 2.81. The Kier molecular flexibility index (Phi) is 4.28. The molecule has 0 aromatic heterocycles. The van der Waals surface area contributed by atoms with Gasteiger partial charge in [0.15, 0.2) is 0 Å². The maximum absolute atomic E-state index is 12.3. The van der Waals surface area contributed by atoms with Crippen molar-refractivity contribution in [3.63, 3.8) is 0 Å². The van der Waals surface area contributed by atoms with Crippen LogP contribution in [0.1, 0.15) is 51.4 Å². The Morgan fingerprint density at radius 2 is 1.62 bits per heavy atom. The summed E-state index contributed by atoms with van der Waals surface area (Å²) >= 11 is 3.74. The number of amides is 1. The van der Waals surface area contributed by atoms with Gasteiger partial charge in [-0.2, -0.15) is 0 Å². The van der Waals surface area contributed by atoms with E-state index in [9.17, 15) is 4.79 Å². The average molecular weight is 288 g/mol. The molecule has 0 bridgehead atoms. The van der Waals surface area contributed by atoms with Crippen LogP contribution in [0.25, 0.3) is 0 Å². The van der Waals surface area contributed by atoms with Crippen molar-refractivity contribution >= 4 is 21.8 Å². The molecule has 2 unspecified atom stereocenters. The standard InChI is InChI=1S/C13H22BrNO/c1-15(12-9-5-4-8-11(12)14)13(16)10-6-2-3-7-10/h10-12H,2-9H2,1H3. The predicted molar refractivity (Wildman–Crippen MR) is 69.7 cm³/mol. The Morgan fingerprint density at radius 1 is 1.06 bits per heavy atom. The molecule has 1 amide bonds. The lowest BCUT2D eigenvalue weighted by molar-refractivity contribution is -0.136. The van der Waals surface area contributed by atoms with Gasteiger partial charge >= 0.3 is 0 Å². The first kappa shape index (κ1) is 12.4. The molecule has 3 heteroatoms. The molecule has 0 N–H and O–H groups in total. The van der Waals surface area contributed by atoms with E-state index in [2.05, 4.69) is 15.9 Å². The van der Waals surface area contributed by atoms with Crippen molar-refractivity contribution in [2.75, 3.05) is 7.05 Å². The summed E-state index contributed by atoms with van der Waals surface area (Å²) in [6.45, 7) is 0. The van der Waals surface area contributed by atoms with E-state index in [1.54, 1.807) is 0 Å². The van der Waals surface area contributed by atoms with Crippen molar-refractivity contribution in [2.24, 2.45) is 5.92 Å². The number of rotatable bonds is 2. The lowest BCUT2D eigenvalue weighted by Crippen LogP contribution is -2.46. The molecule has 2 aliphatic rings. The van der Waals surface area contributed by atoms with Crippen molar-refractivity contribution in [1.29, 1.82) is 0 Å². The van der Waals surface area contributed by atoms with E-state index in [1.807, 2.05) is 11.9 Å². The van der Waals surface area contributed by atoms with Gasteiger partial charge in [0.05, 0.1) is 0 Å². The third-order valence-corrected chi connectivity index (χ3v) is 5.26. The summed E-state index contributed by atoms with van der Waals surface area (Å²) in [6, 6.07) is 0.432. The number of alkyl halides is 1. The van der Waals surface area contributed by atoms with E-state index in [0.717, 1.165) is 12.8 Å². The van der Waals surface area contributed by atoms with Crippen LogP contribution in [0.15, 0.2) is 0 Å². The number of hydrogen-bond donors (Lipinski definition) is 0. The second-order valence-electron chi connectivity index (χ2n) is 5.30. The normalized spacial score (nSPS) is 31.6. The summed E-state index contributed by atoms with van der Waals surface area (Å²) in [6.07, 6.45) is 9.68. The fourth-order valence-electron chi connectivity index (χ4n) is 3.13. The molecular formula is C13H22BrNO. The van der Waals surface area contributed by atoms with Gasteiger partial charge in [0.2, 0.25) is 5.91 Å². The minimum atomic E-state index is 0.326. The van der Waals surface area contributed by atoms with Crippen LogP contribution in [0.5, 0.6) is 0 Å². The first-order valence-corrected chi connectivity index (χ1v) is 7.52. The van der Waals surface area contributed by atoms with Gasteiger partial charge < -0.3 is 4.90 Å². The molecule has 2 fully saturated rings. The van der Waals surface area contributed by atoms with Crippen molar-refractivity contribution < 1.29 is 4.79 Å². The van der Waals surface area contributed by atoms with Gasteiger partial charge in [-0.05, 0) is 25.7 Å². The molecule has 16 heavy (non-hydrogen) atoms. The van der Waals surface area contributed by atoms with E-state index in [-0.39, 0.29) is 0 Å². The van der Waals surface area contributed by atoms with Crippen LogP contribution in [0, 0.1) is 5.92 Å². The molecule has 2 atom stereocenters. The molecule has 0 spiro atoms. The van der Waals surface area contributed by atoms with Gasteiger partial charge in [-0.1, -0.05) is 41.6 Å². The molecule has 92 valence electrons. The van der Waals surface area contributed by atoms with Crippen molar-refractivity contribution in [1.82, 2.24) is 4.90 Å². The highest BCUT2D eigenvalue weighted by Gasteiger charge is 2.33. The van der Waals surface area contributed by atoms with E-state index in [0.29, 0.717) is 22.7 Å². The van der Waals surface area contributed by atoms with Crippen molar-refractivity contribution in [3.05, 3.63) is 0 Å². The van der Waals surface area contributed by atoms with Gasteiger partial charge in [0, 0.05) is 23.8 Å². The monoisotopic (exact) mass is 287 g/mol. The van der Waals surface area contributed by atoms with Crippen LogP contribution in [0.4, 0.5) is 0 Å². The zero-order chi connectivity index (χ0) is 11.5. The highest BCUT2D eigenvalue weighted by Crippen LogP contribution is 2.31.